The number of hydrogen-bond acceptors (Lipinski definition) is 2. The summed E-state index contributed by atoms with van der Waals surface area (Å²) in [6.07, 6.45) is 8.33. The predicted octanol–water partition coefficient (Wildman–Crippen LogP) is 8.38. The number of benzene rings is 2. The van der Waals surface area contributed by atoms with E-state index in [0.29, 0.717) is 25.2 Å². The first kappa shape index (κ1) is 28.7. The monoisotopic (exact) mass is 490 g/mol. The zero-order chi connectivity index (χ0) is 25.5. The van der Waals surface area contributed by atoms with Gasteiger partial charge in [0.05, 0.1) is 5.56 Å². The molecule has 0 spiro atoms. The molecule has 0 aliphatic rings. The van der Waals surface area contributed by atoms with Gasteiger partial charge >= 0.3 is 6.18 Å². The molecule has 0 atom stereocenters. The number of rotatable bonds is 16. The average Bonchev–Trinajstić information content (AvgIpc) is 2.85. The van der Waals surface area contributed by atoms with Crippen molar-refractivity contribution in [2.24, 2.45) is 0 Å². The van der Waals surface area contributed by atoms with Gasteiger partial charge in [0.1, 0.15) is 0 Å². The van der Waals surface area contributed by atoms with Gasteiger partial charge in [-0.25, -0.2) is 0 Å². The molecule has 6 heteroatoms. The molecule has 0 fully saturated rings. The number of carbonyl (C=O) groups excluding carboxylic acids is 1. The second-order valence-electron chi connectivity index (χ2n) is 9.19. The molecule has 2 aromatic rings. The van der Waals surface area contributed by atoms with Crippen LogP contribution in [0.4, 0.5) is 18.9 Å². The Morgan fingerprint density at radius 3 is 1.83 bits per heavy atom. The fourth-order valence-corrected chi connectivity index (χ4v) is 4.15. The second-order valence-corrected chi connectivity index (χ2v) is 9.19. The summed E-state index contributed by atoms with van der Waals surface area (Å²) < 4.78 is 38.4. The van der Waals surface area contributed by atoms with Gasteiger partial charge in [-0.2, -0.15) is 13.2 Å². The van der Waals surface area contributed by atoms with Gasteiger partial charge in [0, 0.05) is 30.9 Å². The minimum atomic E-state index is -4.33. The third-order valence-electron chi connectivity index (χ3n) is 6.35. The standard InChI is InChI=1S/C29H41F3N2O/c1-3-5-6-7-8-9-10-11-12-13-22-33-28(35)25-16-14-24(15-17-25)23-34(4-2)27-20-18-26(19-21-27)29(30,31)32/h14-21H,3-13,22-23H2,1-2H3,(H,33,35). The summed E-state index contributed by atoms with van der Waals surface area (Å²) in [5.41, 5.74) is 1.71. The molecule has 1 N–H and O–H groups in total. The van der Waals surface area contributed by atoms with E-state index >= 15 is 0 Å². The molecule has 1 amide bonds. The number of amides is 1. The van der Waals surface area contributed by atoms with Gasteiger partial charge < -0.3 is 10.2 Å². The molecule has 0 bridgehead atoms. The summed E-state index contributed by atoms with van der Waals surface area (Å²) in [7, 11) is 0. The van der Waals surface area contributed by atoms with Crippen LogP contribution in [0.15, 0.2) is 48.5 Å². The molecule has 0 saturated carbocycles. The molecule has 0 aliphatic heterocycles. The van der Waals surface area contributed by atoms with Crippen molar-refractivity contribution in [2.75, 3.05) is 18.0 Å². The third-order valence-corrected chi connectivity index (χ3v) is 6.35. The highest BCUT2D eigenvalue weighted by atomic mass is 19.4. The highest BCUT2D eigenvalue weighted by molar-refractivity contribution is 5.94. The van der Waals surface area contributed by atoms with Crippen LogP contribution < -0.4 is 10.2 Å². The lowest BCUT2D eigenvalue weighted by molar-refractivity contribution is -0.137. The molecule has 194 valence electrons. The van der Waals surface area contributed by atoms with Crippen LogP contribution in [0.3, 0.4) is 0 Å². The van der Waals surface area contributed by atoms with Gasteiger partial charge in [-0.1, -0.05) is 76.8 Å². The lowest BCUT2D eigenvalue weighted by atomic mass is 10.1. The van der Waals surface area contributed by atoms with Crippen molar-refractivity contribution in [3.63, 3.8) is 0 Å². The van der Waals surface area contributed by atoms with E-state index in [1.165, 1.54) is 63.5 Å². The lowest BCUT2D eigenvalue weighted by Crippen LogP contribution is -2.25. The Bertz CT molecular complexity index is 848. The highest BCUT2D eigenvalue weighted by Gasteiger charge is 2.30. The topological polar surface area (TPSA) is 32.3 Å². The van der Waals surface area contributed by atoms with Crippen LogP contribution in [0.25, 0.3) is 0 Å². The van der Waals surface area contributed by atoms with E-state index in [1.807, 2.05) is 36.1 Å². The van der Waals surface area contributed by atoms with Crippen molar-refractivity contribution in [3.8, 4) is 0 Å². The van der Waals surface area contributed by atoms with Crippen molar-refractivity contribution >= 4 is 11.6 Å². The summed E-state index contributed by atoms with van der Waals surface area (Å²) in [5.74, 6) is -0.0671. The van der Waals surface area contributed by atoms with Gasteiger partial charge in [0.25, 0.3) is 5.91 Å². The maximum absolute atomic E-state index is 12.8. The summed E-state index contributed by atoms with van der Waals surface area (Å²) in [6, 6.07) is 12.7. The fourth-order valence-electron chi connectivity index (χ4n) is 4.15. The first-order valence-corrected chi connectivity index (χ1v) is 13.1. The quantitative estimate of drug-likeness (QED) is 0.240. The Balaban J connectivity index is 1.70. The van der Waals surface area contributed by atoms with E-state index in [4.69, 9.17) is 0 Å². The van der Waals surface area contributed by atoms with Crippen molar-refractivity contribution < 1.29 is 18.0 Å². The van der Waals surface area contributed by atoms with Gasteiger partial charge in [-0.05, 0) is 55.3 Å². The highest BCUT2D eigenvalue weighted by Crippen LogP contribution is 2.30. The summed E-state index contributed by atoms with van der Waals surface area (Å²) >= 11 is 0. The lowest BCUT2D eigenvalue weighted by Gasteiger charge is -2.24. The maximum Gasteiger partial charge on any atom is 0.416 e. The smallest absolute Gasteiger partial charge is 0.367 e. The number of halogens is 3. The molecule has 2 rings (SSSR count). The Morgan fingerprint density at radius 2 is 1.31 bits per heavy atom. The van der Waals surface area contributed by atoms with E-state index < -0.39 is 11.7 Å². The maximum atomic E-state index is 12.8. The summed E-state index contributed by atoms with van der Waals surface area (Å²) in [6.45, 7) is 6.11. The molecule has 35 heavy (non-hydrogen) atoms. The second kappa shape index (κ2) is 15.5. The van der Waals surface area contributed by atoms with Gasteiger partial charge in [-0.15, -0.1) is 0 Å². The van der Waals surface area contributed by atoms with Gasteiger partial charge in [0.15, 0.2) is 0 Å². The Kier molecular flexibility index (Phi) is 12.7. The number of unbranched alkanes of at least 4 members (excludes halogenated alkanes) is 9. The minimum Gasteiger partial charge on any atom is -0.367 e. The molecular formula is C29H41F3N2O. The Morgan fingerprint density at radius 1 is 0.771 bits per heavy atom. The SMILES string of the molecule is CCCCCCCCCCCCNC(=O)c1ccc(CN(CC)c2ccc(C(F)(F)F)cc2)cc1. The summed E-state index contributed by atoms with van der Waals surface area (Å²) in [5, 5.41) is 3.00. The molecule has 3 nitrogen and oxygen atoms in total. The van der Waals surface area contributed by atoms with Gasteiger partial charge in [0.2, 0.25) is 0 Å². The van der Waals surface area contributed by atoms with Crippen LogP contribution in [0.1, 0.15) is 99.5 Å². The van der Waals surface area contributed by atoms with E-state index in [9.17, 15) is 18.0 Å². The number of nitrogens with one attached hydrogen (secondary N) is 1. The van der Waals surface area contributed by atoms with Crippen LogP contribution in [0, 0.1) is 0 Å². The van der Waals surface area contributed by atoms with Crippen LogP contribution in [0.5, 0.6) is 0 Å². The van der Waals surface area contributed by atoms with Crippen LogP contribution >= 0.6 is 0 Å². The molecule has 0 radical (unpaired) electrons. The van der Waals surface area contributed by atoms with Gasteiger partial charge in [-0.3, -0.25) is 4.79 Å². The zero-order valence-corrected chi connectivity index (χ0v) is 21.3. The average molecular weight is 491 g/mol. The Labute approximate surface area is 209 Å². The predicted molar refractivity (Wildman–Crippen MR) is 139 cm³/mol. The molecule has 0 heterocycles. The molecule has 0 saturated heterocycles. The molecule has 0 aliphatic carbocycles. The molecule has 2 aromatic carbocycles. The van der Waals surface area contributed by atoms with E-state index in [2.05, 4.69) is 12.2 Å². The first-order valence-electron chi connectivity index (χ1n) is 13.1. The minimum absolute atomic E-state index is 0.0671. The number of carbonyl (C=O) groups is 1. The van der Waals surface area contributed by atoms with Crippen molar-refractivity contribution in [1.29, 1.82) is 0 Å². The first-order chi connectivity index (χ1) is 16.8. The third kappa shape index (κ3) is 10.7. The van der Waals surface area contributed by atoms with E-state index in [-0.39, 0.29) is 5.91 Å². The fraction of sp³-hybridized carbons (Fsp3) is 0.552. The largest absolute Gasteiger partial charge is 0.416 e. The van der Waals surface area contributed by atoms with Crippen molar-refractivity contribution in [1.82, 2.24) is 5.32 Å². The molecule has 0 unspecified atom stereocenters. The van der Waals surface area contributed by atoms with Crippen molar-refractivity contribution in [3.05, 3.63) is 65.2 Å². The normalized spacial score (nSPS) is 11.5. The number of alkyl halides is 3. The number of hydrogen-bond donors (Lipinski definition) is 1. The van der Waals surface area contributed by atoms with E-state index in [1.54, 1.807) is 0 Å². The molecular weight excluding hydrogens is 449 g/mol. The van der Waals surface area contributed by atoms with Crippen LogP contribution in [-0.4, -0.2) is 19.0 Å². The zero-order valence-electron chi connectivity index (χ0n) is 21.3. The summed E-state index contributed by atoms with van der Waals surface area (Å²) in [4.78, 5) is 14.4. The Hall–Kier alpha value is -2.50. The number of nitrogens with zero attached hydrogens (tertiary/aromatic N) is 1. The van der Waals surface area contributed by atoms with Crippen LogP contribution in [0.2, 0.25) is 0 Å². The van der Waals surface area contributed by atoms with E-state index in [0.717, 1.165) is 36.2 Å². The van der Waals surface area contributed by atoms with Crippen molar-refractivity contribution in [2.45, 2.75) is 90.8 Å². The number of anilines is 1. The molecule has 0 aromatic heterocycles. The van der Waals surface area contributed by atoms with Crippen LogP contribution in [-0.2, 0) is 12.7 Å².